The highest BCUT2D eigenvalue weighted by atomic mass is 16.5. The van der Waals surface area contributed by atoms with Crippen LogP contribution in [0.15, 0.2) is 24.3 Å². The summed E-state index contributed by atoms with van der Waals surface area (Å²) in [5.74, 6) is 0.261. The zero-order valence-corrected chi connectivity index (χ0v) is 21.1. The van der Waals surface area contributed by atoms with Gasteiger partial charge >= 0.3 is 6.03 Å². The van der Waals surface area contributed by atoms with Gasteiger partial charge in [-0.25, -0.2) is 4.79 Å². The van der Waals surface area contributed by atoms with Gasteiger partial charge in [0.2, 0.25) is 0 Å². The number of amides is 3. The predicted molar refractivity (Wildman–Crippen MR) is 135 cm³/mol. The number of ether oxygens (including phenoxy) is 2. The number of phenolic OH excluding ortho intramolecular Hbond substituents is 1. The minimum absolute atomic E-state index is 0.0262. The molecule has 0 saturated carbocycles. The first-order valence-electron chi connectivity index (χ1n) is 12.9. The van der Waals surface area contributed by atoms with E-state index in [1.165, 1.54) is 57.1 Å². The van der Waals surface area contributed by atoms with Crippen LogP contribution >= 0.6 is 0 Å². The molecule has 0 aliphatic carbocycles. The van der Waals surface area contributed by atoms with Gasteiger partial charge < -0.3 is 30.5 Å². The normalized spacial score (nSPS) is 11.6. The molecule has 0 fully saturated rings. The summed E-state index contributed by atoms with van der Waals surface area (Å²) in [6.45, 7) is 5.74. The fourth-order valence-electron chi connectivity index (χ4n) is 3.43. The van der Waals surface area contributed by atoms with E-state index in [2.05, 4.69) is 29.8 Å². The summed E-state index contributed by atoms with van der Waals surface area (Å²) in [6.07, 6.45) is 13.1. The minimum atomic E-state index is -0.349. The zero-order chi connectivity index (χ0) is 24.9. The van der Waals surface area contributed by atoms with Crippen molar-refractivity contribution in [2.75, 3.05) is 26.4 Å². The summed E-state index contributed by atoms with van der Waals surface area (Å²) in [5.41, 5.74) is 0. The second-order valence-corrected chi connectivity index (χ2v) is 8.54. The first-order valence-corrected chi connectivity index (χ1v) is 12.9. The number of unbranched alkanes of at least 4 members (excludes halogenated alkanes) is 6. The van der Waals surface area contributed by atoms with E-state index >= 15 is 0 Å². The number of aromatic hydroxyl groups is 1. The third-order valence-corrected chi connectivity index (χ3v) is 5.46. The molecule has 194 valence electrons. The number of urea groups is 1. The molecule has 3 amide bonds. The van der Waals surface area contributed by atoms with Gasteiger partial charge in [0.25, 0.3) is 5.91 Å². The largest absolute Gasteiger partial charge is 0.508 e. The molecule has 1 aromatic rings. The Morgan fingerprint density at radius 3 is 2.29 bits per heavy atom. The molecule has 8 heteroatoms. The van der Waals surface area contributed by atoms with Gasteiger partial charge in [-0.05, 0) is 49.9 Å². The van der Waals surface area contributed by atoms with Crippen molar-refractivity contribution in [3.8, 4) is 11.5 Å². The first-order chi connectivity index (χ1) is 16.5. The summed E-state index contributed by atoms with van der Waals surface area (Å²) >= 11 is 0. The lowest BCUT2D eigenvalue weighted by molar-refractivity contribution is -0.123. The monoisotopic (exact) mass is 479 g/mol. The van der Waals surface area contributed by atoms with Gasteiger partial charge in [-0.1, -0.05) is 58.8 Å². The van der Waals surface area contributed by atoms with E-state index in [0.717, 1.165) is 32.3 Å². The Bertz CT molecular complexity index is 654. The van der Waals surface area contributed by atoms with Crippen molar-refractivity contribution in [2.45, 2.75) is 90.6 Å². The third-order valence-electron chi connectivity index (χ3n) is 5.46. The van der Waals surface area contributed by atoms with Crippen LogP contribution in [0.1, 0.15) is 84.5 Å². The van der Waals surface area contributed by atoms with Crippen LogP contribution in [-0.4, -0.2) is 49.6 Å². The quantitative estimate of drug-likeness (QED) is 0.158. The van der Waals surface area contributed by atoms with E-state index in [1.807, 2.05) is 0 Å². The lowest BCUT2D eigenvalue weighted by atomic mass is 10.1. The number of hydrogen-bond acceptors (Lipinski definition) is 5. The molecule has 8 nitrogen and oxygen atoms in total. The van der Waals surface area contributed by atoms with Crippen LogP contribution in [0.3, 0.4) is 0 Å². The highest BCUT2D eigenvalue weighted by Gasteiger charge is 2.08. The Hall–Kier alpha value is -2.48. The van der Waals surface area contributed by atoms with Crippen LogP contribution in [0.25, 0.3) is 0 Å². The van der Waals surface area contributed by atoms with Gasteiger partial charge in [0.05, 0.1) is 12.8 Å². The average molecular weight is 480 g/mol. The van der Waals surface area contributed by atoms with Gasteiger partial charge in [0, 0.05) is 13.2 Å². The number of carbonyl (C=O) groups is 2. The Kier molecular flexibility index (Phi) is 17.3. The number of rotatable bonds is 20. The van der Waals surface area contributed by atoms with Crippen molar-refractivity contribution in [3.63, 3.8) is 0 Å². The minimum Gasteiger partial charge on any atom is -0.508 e. The Balaban J connectivity index is 1.97. The van der Waals surface area contributed by atoms with E-state index in [1.54, 1.807) is 12.1 Å². The van der Waals surface area contributed by atoms with Crippen molar-refractivity contribution < 1.29 is 24.2 Å². The van der Waals surface area contributed by atoms with E-state index in [9.17, 15) is 14.7 Å². The van der Waals surface area contributed by atoms with E-state index in [4.69, 9.17) is 9.47 Å². The fraction of sp³-hybridized carbons (Fsp3) is 0.692. The van der Waals surface area contributed by atoms with Crippen molar-refractivity contribution in [2.24, 2.45) is 0 Å². The molecule has 0 bridgehead atoms. The van der Waals surface area contributed by atoms with E-state index < -0.39 is 0 Å². The molecule has 0 aliphatic rings. The lowest BCUT2D eigenvalue weighted by Crippen LogP contribution is -2.43. The van der Waals surface area contributed by atoms with Crippen molar-refractivity contribution in [3.05, 3.63) is 24.3 Å². The van der Waals surface area contributed by atoms with Gasteiger partial charge in [0.15, 0.2) is 6.61 Å². The molecular formula is C26H45N3O5. The molecule has 1 atom stereocenters. The standard InChI is InChI=1S/C26H45N3O5/c1-3-5-9-13-23(12-6-4-2)33-19-11-8-7-10-18-27-26(32)29-21-28-25(31)20-34-24-16-14-22(30)15-17-24/h14-17,23,30H,3-13,18-21H2,1-2H3,(H,28,31)(H2,27,29,32). The molecule has 1 unspecified atom stereocenters. The lowest BCUT2D eigenvalue weighted by Gasteiger charge is -2.17. The maximum atomic E-state index is 11.8. The maximum Gasteiger partial charge on any atom is 0.316 e. The molecule has 0 aromatic heterocycles. The van der Waals surface area contributed by atoms with Crippen LogP contribution in [0, 0.1) is 0 Å². The van der Waals surface area contributed by atoms with Crippen LogP contribution in [-0.2, 0) is 9.53 Å². The molecular weight excluding hydrogens is 434 g/mol. The number of benzene rings is 1. The molecule has 4 N–H and O–H groups in total. The number of hydrogen-bond donors (Lipinski definition) is 4. The summed E-state index contributed by atoms with van der Waals surface area (Å²) in [5, 5.41) is 17.2. The van der Waals surface area contributed by atoms with E-state index in [0.29, 0.717) is 18.4 Å². The smallest absolute Gasteiger partial charge is 0.316 e. The molecule has 34 heavy (non-hydrogen) atoms. The van der Waals surface area contributed by atoms with Crippen LogP contribution in [0.2, 0.25) is 0 Å². The van der Waals surface area contributed by atoms with Crippen LogP contribution < -0.4 is 20.7 Å². The first kappa shape index (κ1) is 29.6. The highest BCUT2D eigenvalue weighted by molar-refractivity contribution is 5.78. The SMILES string of the molecule is CCCCCC(CCCC)OCCCCCCNC(=O)NCNC(=O)COc1ccc(O)cc1. The Labute approximate surface area is 205 Å². The Morgan fingerprint density at radius 2 is 1.56 bits per heavy atom. The number of nitrogens with one attached hydrogen (secondary N) is 3. The molecule has 0 radical (unpaired) electrons. The van der Waals surface area contributed by atoms with Crippen LogP contribution in [0.4, 0.5) is 4.79 Å². The van der Waals surface area contributed by atoms with Crippen molar-refractivity contribution in [1.82, 2.24) is 16.0 Å². The average Bonchev–Trinajstić information content (AvgIpc) is 2.83. The molecule has 0 spiro atoms. The molecule has 0 heterocycles. The van der Waals surface area contributed by atoms with Gasteiger partial charge in [-0.15, -0.1) is 0 Å². The van der Waals surface area contributed by atoms with Gasteiger partial charge in [-0.2, -0.15) is 0 Å². The fourth-order valence-corrected chi connectivity index (χ4v) is 3.43. The number of carbonyl (C=O) groups excluding carboxylic acids is 2. The topological polar surface area (TPSA) is 109 Å². The second kappa shape index (κ2) is 19.9. The highest BCUT2D eigenvalue weighted by Crippen LogP contribution is 2.16. The summed E-state index contributed by atoms with van der Waals surface area (Å²) < 4.78 is 11.4. The second-order valence-electron chi connectivity index (χ2n) is 8.54. The van der Waals surface area contributed by atoms with Crippen LogP contribution in [0.5, 0.6) is 11.5 Å². The zero-order valence-electron chi connectivity index (χ0n) is 21.1. The van der Waals surface area contributed by atoms with Gasteiger partial charge in [0.1, 0.15) is 11.5 Å². The third kappa shape index (κ3) is 16.2. The number of phenols is 1. The predicted octanol–water partition coefficient (Wildman–Crippen LogP) is 4.86. The van der Waals surface area contributed by atoms with Crippen molar-refractivity contribution in [1.29, 1.82) is 0 Å². The summed E-state index contributed by atoms with van der Waals surface area (Å²) in [6, 6.07) is 5.79. The molecule has 0 saturated heterocycles. The summed E-state index contributed by atoms with van der Waals surface area (Å²) in [4.78, 5) is 23.5. The van der Waals surface area contributed by atoms with E-state index in [-0.39, 0.29) is 31.0 Å². The van der Waals surface area contributed by atoms with Gasteiger partial charge in [-0.3, -0.25) is 4.79 Å². The molecule has 1 aromatic carbocycles. The van der Waals surface area contributed by atoms with Crippen molar-refractivity contribution >= 4 is 11.9 Å². The summed E-state index contributed by atoms with van der Waals surface area (Å²) in [7, 11) is 0. The Morgan fingerprint density at radius 1 is 0.853 bits per heavy atom. The molecule has 0 aliphatic heterocycles. The maximum absolute atomic E-state index is 11.8. The molecule has 1 rings (SSSR count).